The summed E-state index contributed by atoms with van der Waals surface area (Å²) in [6.07, 6.45) is -0.582. The first-order valence-electron chi connectivity index (χ1n) is 5.23. The summed E-state index contributed by atoms with van der Waals surface area (Å²) in [4.78, 5) is 44.1. The summed E-state index contributed by atoms with van der Waals surface area (Å²) >= 11 is 5.73. The Labute approximate surface area is 111 Å². The van der Waals surface area contributed by atoms with E-state index >= 15 is 0 Å². The molecular formula is C10H11ClO8. The first-order chi connectivity index (χ1) is 8.68. The molecule has 0 aromatic rings. The molecular weight excluding hydrogens is 284 g/mol. The number of halogens is 1. The molecule has 106 valence electrons. The van der Waals surface area contributed by atoms with Crippen molar-refractivity contribution in [3.05, 3.63) is 0 Å². The van der Waals surface area contributed by atoms with Crippen LogP contribution >= 0.6 is 11.6 Å². The molecule has 0 aromatic heterocycles. The SMILES string of the molecule is O=C(O)C1CC(C(=O)O)C(C(=O)O)C(Cl)C1C(=O)O. The summed E-state index contributed by atoms with van der Waals surface area (Å²) < 4.78 is 0. The average Bonchev–Trinajstić information content (AvgIpc) is 2.25. The fraction of sp³-hybridized carbons (Fsp3) is 0.600. The molecule has 0 radical (unpaired) electrons. The van der Waals surface area contributed by atoms with Crippen molar-refractivity contribution in [2.45, 2.75) is 11.8 Å². The second kappa shape index (κ2) is 5.43. The van der Waals surface area contributed by atoms with Crippen molar-refractivity contribution >= 4 is 35.5 Å². The molecule has 4 N–H and O–H groups in total. The predicted molar refractivity (Wildman–Crippen MR) is 58.8 cm³/mol. The molecule has 1 aliphatic rings. The number of carboxylic acid groups (broad SMARTS) is 4. The molecule has 4 atom stereocenters. The Morgan fingerprint density at radius 1 is 0.737 bits per heavy atom. The van der Waals surface area contributed by atoms with Crippen LogP contribution in [0.15, 0.2) is 0 Å². The Balaban J connectivity index is 3.23. The number of carboxylic acids is 4. The van der Waals surface area contributed by atoms with Crippen molar-refractivity contribution in [3.8, 4) is 0 Å². The topological polar surface area (TPSA) is 149 Å². The zero-order valence-corrected chi connectivity index (χ0v) is 10.1. The summed E-state index contributed by atoms with van der Waals surface area (Å²) in [5, 5.41) is 34.2. The van der Waals surface area contributed by atoms with Crippen LogP contribution in [-0.2, 0) is 19.2 Å². The second-order valence-corrected chi connectivity index (χ2v) is 4.80. The first kappa shape index (κ1) is 15.2. The van der Waals surface area contributed by atoms with Crippen molar-refractivity contribution in [2.24, 2.45) is 23.7 Å². The zero-order valence-electron chi connectivity index (χ0n) is 9.39. The zero-order chi connectivity index (χ0) is 14.9. The molecule has 19 heavy (non-hydrogen) atoms. The minimum Gasteiger partial charge on any atom is -0.481 e. The van der Waals surface area contributed by atoms with Gasteiger partial charge in [-0.3, -0.25) is 19.2 Å². The third-order valence-corrected chi connectivity index (χ3v) is 3.81. The van der Waals surface area contributed by atoms with Crippen molar-refractivity contribution in [1.82, 2.24) is 0 Å². The van der Waals surface area contributed by atoms with Crippen LogP contribution < -0.4 is 0 Å². The van der Waals surface area contributed by atoms with Crippen LogP contribution in [0.5, 0.6) is 0 Å². The molecule has 0 spiro atoms. The minimum absolute atomic E-state index is 0.582. The molecule has 8 nitrogen and oxygen atoms in total. The van der Waals surface area contributed by atoms with Crippen LogP contribution in [0.4, 0.5) is 0 Å². The predicted octanol–water partition coefficient (Wildman–Crippen LogP) is -0.199. The Bertz CT molecular complexity index is 395. The van der Waals surface area contributed by atoms with E-state index < -0.39 is 59.3 Å². The van der Waals surface area contributed by atoms with Gasteiger partial charge in [-0.2, -0.15) is 0 Å². The summed E-state index contributed by atoms with van der Waals surface area (Å²) in [5.41, 5.74) is 0. The van der Waals surface area contributed by atoms with Crippen LogP contribution in [-0.4, -0.2) is 49.7 Å². The van der Waals surface area contributed by atoms with Crippen molar-refractivity contribution in [1.29, 1.82) is 0 Å². The van der Waals surface area contributed by atoms with Crippen molar-refractivity contribution in [3.63, 3.8) is 0 Å². The van der Waals surface area contributed by atoms with Crippen LogP contribution in [0.25, 0.3) is 0 Å². The van der Waals surface area contributed by atoms with Gasteiger partial charge in [0.1, 0.15) is 0 Å². The lowest BCUT2D eigenvalue weighted by Crippen LogP contribution is -2.52. The maximum Gasteiger partial charge on any atom is 0.308 e. The lowest BCUT2D eigenvalue weighted by Gasteiger charge is -2.37. The van der Waals surface area contributed by atoms with E-state index in [-0.39, 0.29) is 0 Å². The molecule has 0 amide bonds. The highest BCUT2D eigenvalue weighted by atomic mass is 35.5. The number of hydrogen-bond donors (Lipinski definition) is 4. The molecule has 0 aromatic carbocycles. The molecule has 0 heterocycles. The lowest BCUT2D eigenvalue weighted by atomic mass is 9.67. The van der Waals surface area contributed by atoms with E-state index in [0.717, 1.165) is 0 Å². The number of hydrogen-bond acceptors (Lipinski definition) is 4. The summed E-state index contributed by atoms with van der Waals surface area (Å²) in [6, 6.07) is 0. The molecule has 0 aliphatic heterocycles. The molecule has 9 heteroatoms. The second-order valence-electron chi connectivity index (χ2n) is 4.30. The largest absolute Gasteiger partial charge is 0.481 e. The van der Waals surface area contributed by atoms with Gasteiger partial charge in [-0.05, 0) is 6.42 Å². The van der Waals surface area contributed by atoms with E-state index in [4.69, 9.17) is 32.0 Å². The Hall–Kier alpha value is -1.83. The lowest BCUT2D eigenvalue weighted by molar-refractivity contribution is -0.167. The first-order valence-corrected chi connectivity index (χ1v) is 5.67. The highest BCUT2D eigenvalue weighted by Crippen LogP contribution is 2.42. The molecule has 1 fully saturated rings. The van der Waals surface area contributed by atoms with Gasteiger partial charge in [0, 0.05) is 0 Å². The monoisotopic (exact) mass is 294 g/mol. The van der Waals surface area contributed by atoms with Gasteiger partial charge in [-0.15, -0.1) is 11.6 Å². The molecule has 0 saturated heterocycles. The normalized spacial score (nSPS) is 34.5. The Morgan fingerprint density at radius 3 is 1.26 bits per heavy atom. The fourth-order valence-corrected chi connectivity index (χ4v) is 2.93. The van der Waals surface area contributed by atoms with Crippen LogP contribution in [0.3, 0.4) is 0 Å². The van der Waals surface area contributed by atoms with Crippen molar-refractivity contribution in [2.75, 3.05) is 0 Å². The fourth-order valence-electron chi connectivity index (χ4n) is 2.36. The quantitative estimate of drug-likeness (QED) is 0.521. The van der Waals surface area contributed by atoms with Crippen LogP contribution in [0, 0.1) is 23.7 Å². The Morgan fingerprint density at radius 2 is 1.05 bits per heavy atom. The molecule has 4 unspecified atom stereocenters. The van der Waals surface area contributed by atoms with E-state index in [2.05, 4.69) is 0 Å². The van der Waals surface area contributed by atoms with E-state index in [1.165, 1.54) is 0 Å². The minimum atomic E-state index is -1.64. The molecule has 0 bridgehead atoms. The van der Waals surface area contributed by atoms with Gasteiger partial charge in [0.05, 0.1) is 29.0 Å². The van der Waals surface area contributed by atoms with Crippen LogP contribution in [0.1, 0.15) is 6.42 Å². The van der Waals surface area contributed by atoms with E-state index in [1.54, 1.807) is 0 Å². The highest BCUT2D eigenvalue weighted by Gasteiger charge is 2.54. The van der Waals surface area contributed by atoms with E-state index in [9.17, 15) is 19.2 Å². The summed E-state index contributed by atoms with van der Waals surface area (Å²) in [7, 11) is 0. The van der Waals surface area contributed by atoms with E-state index in [1.807, 2.05) is 0 Å². The van der Waals surface area contributed by atoms with Gasteiger partial charge < -0.3 is 20.4 Å². The van der Waals surface area contributed by atoms with Crippen molar-refractivity contribution < 1.29 is 39.6 Å². The average molecular weight is 295 g/mol. The van der Waals surface area contributed by atoms with Gasteiger partial charge in [0.25, 0.3) is 0 Å². The van der Waals surface area contributed by atoms with Gasteiger partial charge in [0.2, 0.25) is 0 Å². The third kappa shape index (κ3) is 2.78. The summed E-state index contributed by atoms with van der Waals surface area (Å²) in [5.74, 6) is -12.5. The number of aliphatic carboxylic acids is 4. The third-order valence-electron chi connectivity index (χ3n) is 3.27. The van der Waals surface area contributed by atoms with Gasteiger partial charge in [-0.25, -0.2) is 0 Å². The smallest absolute Gasteiger partial charge is 0.308 e. The molecule has 1 aliphatic carbocycles. The number of carbonyl (C=O) groups is 4. The maximum atomic E-state index is 11.0. The molecule has 1 rings (SSSR count). The number of rotatable bonds is 4. The van der Waals surface area contributed by atoms with Gasteiger partial charge in [-0.1, -0.05) is 0 Å². The van der Waals surface area contributed by atoms with E-state index in [0.29, 0.717) is 0 Å². The van der Waals surface area contributed by atoms with Crippen LogP contribution in [0.2, 0.25) is 0 Å². The van der Waals surface area contributed by atoms with Gasteiger partial charge >= 0.3 is 23.9 Å². The Kier molecular flexibility index (Phi) is 4.35. The standard InChI is InChI=1S/C10H11ClO8/c11-6-4(9(16)17)2(7(12)13)1-3(8(14)15)5(6)10(18)19/h2-6H,1H2,(H,12,13)(H,14,15)(H,16,17)(H,18,19). The maximum absolute atomic E-state index is 11.0. The number of alkyl halides is 1. The molecule has 1 saturated carbocycles. The highest BCUT2D eigenvalue weighted by molar-refractivity contribution is 6.24. The van der Waals surface area contributed by atoms with Gasteiger partial charge in [0.15, 0.2) is 0 Å². The summed E-state index contributed by atoms with van der Waals surface area (Å²) in [6.45, 7) is 0.